The number of pyridine rings is 1. The first-order valence-corrected chi connectivity index (χ1v) is 17.9. The zero-order valence-corrected chi connectivity index (χ0v) is 28.5. The molecular weight excluding hydrogens is 627 g/mol. The number of nitrogens with zero attached hydrogens (tertiary/aromatic N) is 3. The number of aromatic nitrogens is 3. The van der Waals surface area contributed by atoms with Crippen LogP contribution in [0.2, 0.25) is 0 Å². The predicted molar refractivity (Wildman–Crippen MR) is 210 cm³/mol. The van der Waals surface area contributed by atoms with E-state index in [-0.39, 0.29) is 5.41 Å². The minimum atomic E-state index is -0.168. The Balaban J connectivity index is 1.05. The van der Waals surface area contributed by atoms with Crippen LogP contribution in [0.15, 0.2) is 152 Å². The smallest absolute Gasteiger partial charge is 0.160 e. The van der Waals surface area contributed by atoms with E-state index < -0.39 is 0 Å². The van der Waals surface area contributed by atoms with E-state index in [1.54, 1.807) is 0 Å². The maximum Gasteiger partial charge on any atom is 0.160 e. The van der Waals surface area contributed by atoms with Crippen molar-refractivity contribution in [2.24, 2.45) is 0 Å². The zero-order valence-electron chi connectivity index (χ0n) is 27.7. The summed E-state index contributed by atoms with van der Waals surface area (Å²) >= 11 is 1.86. The van der Waals surface area contributed by atoms with E-state index in [0.717, 1.165) is 61.4 Å². The monoisotopic (exact) mass is 657 g/mol. The Morgan fingerprint density at radius 3 is 1.86 bits per heavy atom. The molecule has 1 aliphatic rings. The molecule has 0 amide bonds. The van der Waals surface area contributed by atoms with E-state index in [2.05, 4.69) is 147 Å². The summed E-state index contributed by atoms with van der Waals surface area (Å²) in [6, 6.07) is 53.7. The van der Waals surface area contributed by atoms with Crippen LogP contribution in [-0.2, 0) is 5.41 Å². The van der Waals surface area contributed by atoms with Gasteiger partial charge in [0.25, 0.3) is 0 Å². The Kier molecular flexibility index (Phi) is 6.39. The molecule has 0 atom stereocenters. The van der Waals surface area contributed by atoms with Crippen molar-refractivity contribution in [3.63, 3.8) is 0 Å². The van der Waals surface area contributed by atoms with Gasteiger partial charge in [0, 0.05) is 43.1 Å². The molecule has 3 aromatic heterocycles. The number of para-hydroxylation sites is 1. The second kappa shape index (κ2) is 11.0. The van der Waals surface area contributed by atoms with Crippen molar-refractivity contribution in [1.29, 1.82) is 0 Å². The fourth-order valence-electron chi connectivity index (χ4n) is 7.82. The Morgan fingerprint density at radius 2 is 1.08 bits per heavy atom. The van der Waals surface area contributed by atoms with Crippen molar-refractivity contribution in [3.05, 3.63) is 163 Å². The largest absolute Gasteiger partial charge is 0.246 e. The van der Waals surface area contributed by atoms with Crippen LogP contribution in [0.3, 0.4) is 0 Å². The number of fused-ring (bicyclic) bond motifs is 8. The third-order valence-electron chi connectivity index (χ3n) is 10.3. The summed E-state index contributed by atoms with van der Waals surface area (Å²) in [7, 11) is 0. The molecule has 0 N–H and O–H groups in total. The molecular formula is C46H31N3S. The van der Waals surface area contributed by atoms with Gasteiger partial charge in [-0.05, 0) is 39.9 Å². The molecule has 0 saturated carbocycles. The summed E-state index contributed by atoms with van der Waals surface area (Å²) < 4.78 is 2.56. The molecule has 1 aliphatic carbocycles. The minimum Gasteiger partial charge on any atom is -0.246 e. The van der Waals surface area contributed by atoms with Gasteiger partial charge < -0.3 is 0 Å². The average Bonchev–Trinajstić information content (AvgIpc) is 3.67. The van der Waals surface area contributed by atoms with E-state index in [4.69, 9.17) is 15.0 Å². The van der Waals surface area contributed by atoms with Gasteiger partial charge >= 0.3 is 0 Å². The lowest BCUT2D eigenvalue weighted by Gasteiger charge is -2.24. The number of hydrogen-bond donors (Lipinski definition) is 0. The van der Waals surface area contributed by atoms with E-state index in [1.807, 2.05) is 29.5 Å². The van der Waals surface area contributed by atoms with Crippen molar-refractivity contribution in [2.75, 3.05) is 0 Å². The molecule has 3 nitrogen and oxygen atoms in total. The molecule has 0 saturated heterocycles. The lowest BCUT2D eigenvalue weighted by Crippen LogP contribution is -2.17. The molecule has 0 fully saturated rings. The fourth-order valence-corrected chi connectivity index (χ4v) is 9.03. The van der Waals surface area contributed by atoms with Crippen LogP contribution in [0.5, 0.6) is 0 Å². The fraction of sp³-hybridized carbons (Fsp3) is 0.0652. The standard InChI is InChI=1S/C46H31N3S/c1-46(2)36-17-9-6-14-33(36)39-40(46)42(48-43-35-16-8-11-19-38(35)50-44(39)43)31-24-20-28(21-25-31)29-22-26-32(27-23-29)45-47-37-18-10-7-15-34(37)41(49-45)30-12-4-3-5-13-30/h3-27H,1-2H3. The van der Waals surface area contributed by atoms with Gasteiger partial charge in [-0.3, -0.25) is 0 Å². The Morgan fingerprint density at radius 1 is 0.480 bits per heavy atom. The first kappa shape index (κ1) is 29.0. The van der Waals surface area contributed by atoms with Gasteiger partial charge in [0.1, 0.15) is 0 Å². The first-order valence-electron chi connectivity index (χ1n) is 17.0. The van der Waals surface area contributed by atoms with Gasteiger partial charge in [0.15, 0.2) is 5.82 Å². The van der Waals surface area contributed by atoms with E-state index in [1.165, 1.54) is 37.0 Å². The summed E-state index contributed by atoms with van der Waals surface area (Å²) in [4.78, 5) is 15.5. The van der Waals surface area contributed by atoms with Crippen LogP contribution in [0.25, 0.3) is 87.4 Å². The van der Waals surface area contributed by atoms with Crippen molar-refractivity contribution in [1.82, 2.24) is 15.0 Å². The van der Waals surface area contributed by atoms with Gasteiger partial charge in [0.2, 0.25) is 0 Å². The average molecular weight is 658 g/mol. The molecule has 0 bridgehead atoms. The lowest BCUT2D eigenvalue weighted by atomic mass is 9.80. The molecule has 0 spiro atoms. The quantitative estimate of drug-likeness (QED) is 0.189. The van der Waals surface area contributed by atoms with Crippen molar-refractivity contribution in [2.45, 2.75) is 19.3 Å². The molecule has 3 heterocycles. The van der Waals surface area contributed by atoms with Gasteiger partial charge in [-0.2, -0.15) is 0 Å². The maximum absolute atomic E-state index is 5.48. The third kappa shape index (κ3) is 4.38. The van der Waals surface area contributed by atoms with E-state index in [9.17, 15) is 0 Å². The molecule has 4 heteroatoms. The van der Waals surface area contributed by atoms with E-state index in [0.29, 0.717) is 0 Å². The summed E-state index contributed by atoms with van der Waals surface area (Å²) in [5.74, 6) is 0.726. The molecule has 10 rings (SSSR count). The first-order chi connectivity index (χ1) is 24.5. The molecule has 0 radical (unpaired) electrons. The molecule has 9 aromatic rings. The Hall–Kier alpha value is -5.97. The molecule has 0 unspecified atom stereocenters. The minimum absolute atomic E-state index is 0.168. The summed E-state index contributed by atoms with van der Waals surface area (Å²) in [5, 5.41) is 2.28. The second-order valence-corrected chi connectivity index (χ2v) is 14.6. The topological polar surface area (TPSA) is 38.7 Å². The van der Waals surface area contributed by atoms with Crippen LogP contribution in [0.4, 0.5) is 0 Å². The SMILES string of the molecule is CC1(C)c2ccccc2-c2c1c(-c1ccc(-c3ccc(-c4nc(-c5ccccc5)c5ccccc5n4)cc3)cc1)nc1c2sc2ccccc21. The maximum atomic E-state index is 5.48. The van der Waals surface area contributed by atoms with Crippen LogP contribution < -0.4 is 0 Å². The van der Waals surface area contributed by atoms with E-state index >= 15 is 0 Å². The van der Waals surface area contributed by atoms with Crippen molar-refractivity contribution < 1.29 is 0 Å². The normalized spacial score (nSPS) is 13.2. The number of hydrogen-bond acceptors (Lipinski definition) is 4. The van der Waals surface area contributed by atoms with Crippen LogP contribution in [-0.4, -0.2) is 15.0 Å². The van der Waals surface area contributed by atoms with Crippen molar-refractivity contribution in [3.8, 4) is 56.2 Å². The zero-order chi connectivity index (χ0) is 33.4. The second-order valence-electron chi connectivity index (χ2n) is 13.6. The van der Waals surface area contributed by atoms with Gasteiger partial charge in [-0.1, -0.05) is 153 Å². The van der Waals surface area contributed by atoms with Crippen LogP contribution in [0.1, 0.15) is 25.0 Å². The number of benzene rings is 6. The number of rotatable bonds is 4. The third-order valence-corrected chi connectivity index (χ3v) is 11.5. The van der Waals surface area contributed by atoms with Gasteiger partial charge in [0.05, 0.1) is 27.1 Å². The summed E-state index contributed by atoms with van der Waals surface area (Å²) in [6.07, 6.45) is 0. The molecule has 236 valence electrons. The molecule has 6 aromatic carbocycles. The highest BCUT2D eigenvalue weighted by molar-refractivity contribution is 7.26. The van der Waals surface area contributed by atoms with Crippen LogP contribution >= 0.6 is 11.3 Å². The van der Waals surface area contributed by atoms with Crippen LogP contribution in [0, 0.1) is 0 Å². The van der Waals surface area contributed by atoms with Gasteiger partial charge in [-0.25, -0.2) is 15.0 Å². The van der Waals surface area contributed by atoms with Crippen molar-refractivity contribution >= 4 is 42.5 Å². The molecule has 0 aliphatic heterocycles. The summed E-state index contributed by atoms with van der Waals surface area (Å²) in [5.41, 5.74) is 14.8. The molecule has 50 heavy (non-hydrogen) atoms. The Bertz CT molecular complexity index is 2760. The lowest BCUT2D eigenvalue weighted by molar-refractivity contribution is 0.660. The highest BCUT2D eigenvalue weighted by Crippen LogP contribution is 2.56. The number of thiophene rings is 1. The Labute approximate surface area is 294 Å². The highest BCUT2D eigenvalue weighted by atomic mass is 32.1. The predicted octanol–water partition coefficient (Wildman–Crippen LogP) is 12.4. The summed E-state index contributed by atoms with van der Waals surface area (Å²) in [6.45, 7) is 4.69. The highest BCUT2D eigenvalue weighted by Gasteiger charge is 2.40. The van der Waals surface area contributed by atoms with Gasteiger partial charge in [-0.15, -0.1) is 11.3 Å².